The van der Waals surface area contributed by atoms with Crippen molar-refractivity contribution in [3.05, 3.63) is 29.3 Å². The Labute approximate surface area is 195 Å². The number of rotatable bonds is 7. The molecule has 0 radical (unpaired) electrons. The van der Waals surface area contributed by atoms with Crippen molar-refractivity contribution < 1.29 is 28.8 Å². The standard InChI is InChI=1S/C22H26N6O6/c23-12-7-9-27(11-12)18(31)6-8-24-17(30)10-25-14-3-1-2-13-19(14)22(34)28(21(13)33)15-4-5-16(29)26-20(15)32/h1-3,12,15,25H,4-11,23H2,(H,24,30)(H,26,29,32)/t12-,15?/m0/s1. The number of nitrogens with zero attached hydrogens (tertiary/aromatic N) is 2. The van der Waals surface area contributed by atoms with Gasteiger partial charge in [-0.3, -0.25) is 39.0 Å². The summed E-state index contributed by atoms with van der Waals surface area (Å²) < 4.78 is 0. The number of nitrogens with one attached hydrogen (secondary N) is 3. The van der Waals surface area contributed by atoms with E-state index in [2.05, 4.69) is 16.0 Å². The molecule has 0 aliphatic carbocycles. The largest absolute Gasteiger partial charge is 0.375 e. The average Bonchev–Trinajstić information content (AvgIpc) is 3.34. The molecule has 3 aliphatic rings. The molecule has 180 valence electrons. The summed E-state index contributed by atoms with van der Waals surface area (Å²) in [4.78, 5) is 76.4. The van der Waals surface area contributed by atoms with Crippen LogP contribution in [0.25, 0.3) is 0 Å². The number of amides is 6. The smallest absolute Gasteiger partial charge is 0.264 e. The summed E-state index contributed by atoms with van der Waals surface area (Å²) in [7, 11) is 0. The number of carbonyl (C=O) groups is 6. The van der Waals surface area contributed by atoms with Gasteiger partial charge in [0.15, 0.2) is 0 Å². The van der Waals surface area contributed by atoms with E-state index in [1.54, 1.807) is 17.0 Å². The summed E-state index contributed by atoms with van der Waals surface area (Å²) >= 11 is 0. The molecular formula is C22H26N6O6. The third-order valence-electron chi connectivity index (χ3n) is 6.15. The molecule has 12 heteroatoms. The highest BCUT2D eigenvalue weighted by Gasteiger charge is 2.45. The summed E-state index contributed by atoms with van der Waals surface area (Å²) in [5.41, 5.74) is 6.28. The van der Waals surface area contributed by atoms with Crippen LogP contribution in [0.5, 0.6) is 0 Å². The van der Waals surface area contributed by atoms with Crippen LogP contribution < -0.4 is 21.7 Å². The van der Waals surface area contributed by atoms with Gasteiger partial charge in [0, 0.05) is 44.2 Å². The Morgan fingerprint density at radius 1 is 1.12 bits per heavy atom. The van der Waals surface area contributed by atoms with E-state index in [1.807, 2.05) is 0 Å². The first-order chi connectivity index (χ1) is 16.3. The van der Waals surface area contributed by atoms with E-state index in [-0.39, 0.29) is 67.0 Å². The molecule has 2 saturated heterocycles. The van der Waals surface area contributed by atoms with Crippen molar-refractivity contribution in [2.45, 2.75) is 37.8 Å². The molecule has 3 aliphatic heterocycles. The molecule has 2 atom stereocenters. The number of imide groups is 2. The van der Waals surface area contributed by atoms with Crippen LogP contribution in [0.1, 0.15) is 46.4 Å². The van der Waals surface area contributed by atoms with Crippen LogP contribution in [0.2, 0.25) is 0 Å². The maximum atomic E-state index is 13.0. The molecule has 0 bridgehead atoms. The third-order valence-corrected chi connectivity index (χ3v) is 6.15. The Hall–Kier alpha value is -3.80. The Bertz CT molecular complexity index is 1070. The van der Waals surface area contributed by atoms with Crippen LogP contribution in [0.15, 0.2) is 18.2 Å². The van der Waals surface area contributed by atoms with Crippen molar-refractivity contribution in [2.75, 3.05) is 31.5 Å². The van der Waals surface area contributed by atoms with E-state index in [0.29, 0.717) is 13.1 Å². The summed E-state index contributed by atoms with van der Waals surface area (Å²) in [5.74, 6) is -2.88. The van der Waals surface area contributed by atoms with E-state index >= 15 is 0 Å². The Balaban J connectivity index is 1.34. The van der Waals surface area contributed by atoms with Crippen LogP contribution in [0, 0.1) is 0 Å². The minimum absolute atomic E-state index is 0.00385. The van der Waals surface area contributed by atoms with Crippen molar-refractivity contribution in [3.63, 3.8) is 0 Å². The fourth-order valence-corrected chi connectivity index (χ4v) is 4.38. The summed E-state index contributed by atoms with van der Waals surface area (Å²) in [6.07, 6.45) is 1.02. The SMILES string of the molecule is N[C@H]1CCN(C(=O)CCNC(=O)CNc2cccc3c2C(=O)N(C2CCC(=O)NC2=O)C3=O)C1. The van der Waals surface area contributed by atoms with Crippen LogP contribution >= 0.6 is 0 Å². The van der Waals surface area contributed by atoms with Gasteiger partial charge in [-0.15, -0.1) is 0 Å². The van der Waals surface area contributed by atoms with Crippen molar-refractivity contribution in [3.8, 4) is 0 Å². The molecule has 0 aromatic heterocycles. The van der Waals surface area contributed by atoms with Gasteiger partial charge in [-0.2, -0.15) is 0 Å². The van der Waals surface area contributed by atoms with E-state index in [0.717, 1.165) is 11.3 Å². The minimum atomic E-state index is -1.07. The van der Waals surface area contributed by atoms with Crippen molar-refractivity contribution in [1.29, 1.82) is 0 Å². The molecule has 12 nitrogen and oxygen atoms in total. The van der Waals surface area contributed by atoms with Gasteiger partial charge in [-0.25, -0.2) is 0 Å². The first-order valence-corrected chi connectivity index (χ1v) is 11.1. The number of carbonyl (C=O) groups excluding carboxylic acids is 6. The lowest BCUT2D eigenvalue weighted by atomic mass is 10.0. The zero-order valence-electron chi connectivity index (χ0n) is 18.5. The van der Waals surface area contributed by atoms with E-state index in [1.165, 1.54) is 6.07 Å². The van der Waals surface area contributed by atoms with E-state index in [4.69, 9.17) is 5.73 Å². The maximum absolute atomic E-state index is 13.0. The fraction of sp³-hybridized carbons (Fsp3) is 0.455. The van der Waals surface area contributed by atoms with Gasteiger partial charge in [0.1, 0.15) is 6.04 Å². The van der Waals surface area contributed by atoms with Gasteiger partial charge in [0.05, 0.1) is 17.7 Å². The molecule has 6 amide bonds. The Morgan fingerprint density at radius 3 is 2.62 bits per heavy atom. The molecule has 2 fully saturated rings. The van der Waals surface area contributed by atoms with Gasteiger partial charge in [0.25, 0.3) is 11.8 Å². The number of hydrogen-bond acceptors (Lipinski definition) is 8. The predicted molar refractivity (Wildman–Crippen MR) is 118 cm³/mol. The highest BCUT2D eigenvalue weighted by atomic mass is 16.2. The number of nitrogens with two attached hydrogens (primary N) is 1. The Morgan fingerprint density at radius 2 is 1.91 bits per heavy atom. The van der Waals surface area contributed by atoms with Crippen LogP contribution in [0.4, 0.5) is 5.69 Å². The molecule has 1 aromatic carbocycles. The highest BCUT2D eigenvalue weighted by Crippen LogP contribution is 2.32. The number of fused-ring (bicyclic) bond motifs is 1. The van der Waals surface area contributed by atoms with Crippen LogP contribution in [0.3, 0.4) is 0 Å². The molecular weight excluding hydrogens is 444 g/mol. The Kier molecular flexibility index (Phi) is 6.59. The van der Waals surface area contributed by atoms with Gasteiger partial charge in [-0.1, -0.05) is 6.07 Å². The third kappa shape index (κ3) is 4.62. The summed E-state index contributed by atoms with van der Waals surface area (Å²) in [5, 5.41) is 7.66. The molecule has 5 N–H and O–H groups in total. The van der Waals surface area contributed by atoms with Crippen molar-refractivity contribution in [2.24, 2.45) is 5.73 Å². The minimum Gasteiger partial charge on any atom is -0.375 e. The first-order valence-electron chi connectivity index (χ1n) is 11.1. The van der Waals surface area contributed by atoms with Gasteiger partial charge in [0.2, 0.25) is 23.6 Å². The highest BCUT2D eigenvalue weighted by molar-refractivity contribution is 6.25. The molecule has 3 heterocycles. The topological polar surface area (TPSA) is 171 Å². The second-order valence-electron chi connectivity index (χ2n) is 8.52. The van der Waals surface area contributed by atoms with Gasteiger partial charge < -0.3 is 21.3 Å². The number of likely N-dealkylation sites (tertiary alicyclic amines) is 1. The zero-order chi connectivity index (χ0) is 24.4. The summed E-state index contributed by atoms with van der Waals surface area (Å²) in [6.45, 7) is 1.13. The van der Waals surface area contributed by atoms with Gasteiger partial charge >= 0.3 is 0 Å². The van der Waals surface area contributed by atoms with Crippen molar-refractivity contribution >= 4 is 41.1 Å². The van der Waals surface area contributed by atoms with E-state index in [9.17, 15) is 28.8 Å². The van der Waals surface area contributed by atoms with Crippen LogP contribution in [-0.2, 0) is 19.2 Å². The summed E-state index contributed by atoms with van der Waals surface area (Å²) in [6, 6.07) is 3.53. The van der Waals surface area contributed by atoms with Crippen molar-refractivity contribution in [1.82, 2.24) is 20.4 Å². The average molecular weight is 470 g/mol. The lowest BCUT2D eigenvalue weighted by Crippen LogP contribution is -2.54. The molecule has 1 aromatic rings. The predicted octanol–water partition coefficient (Wildman–Crippen LogP) is -1.43. The molecule has 34 heavy (non-hydrogen) atoms. The second kappa shape index (κ2) is 9.59. The molecule has 0 spiro atoms. The molecule has 0 saturated carbocycles. The number of anilines is 1. The number of benzene rings is 1. The normalized spacial score (nSPS) is 22.0. The fourth-order valence-electron chi connectivity index (χ4n) is 4.38. The first kappa shape index (κ1) is 23.4. The quantitative estimate of drug-likeness (QED) is 0.351. The zero-order valence-corrected chi connectivity index (χ0v) is 18.5. The number of hydrogen-bond donors (Lipinski definition) is 4. The van der Waals surface area contributed by atoms with Crippen LogP contribution in [-0.4, -0.2) is 83.5 Å². The maximum Gasteiger partial charge on any atom is 0.264 e. The monoisotopic (exact) mass is 470 g/mol. The van der Waals surface area contributed by atoms with E-state index < -0.39 is 29.7 Å². The lowest BCUT2D eigenvalue weighted by molar-refractivity contribution is -0.136. The lowest BCUT2D eigenvalue weighted by Gasteiger charge is -2.27. The van der Waals surface area contributed by atoms with Gasteiger partial charge in [-0.05, 0) is 25.0 Å². The molecule has 1 unspecified atom stereocenters. The molecule has 4 rings (SSSR count). The second-order valence-corrected chi connectivity index (χ2v) is 8.52. The number of piperidine rings is 1.